The molecular weight excluding hydrogens is 397 g/mol. The van der Waals surface area contributed by atoms with Crippen molar-refractivity contribution in [3.8, 4) is 0 Å². The molecule has 2 rings (SSSR count). The number of phosphoric acid groups is 1. The number of aliphatic hydroxyl groups is 7. The van der Waals surface area contributed by atoms with Crippen molar-refractivity contribution < 1.29 is 64.1 Å². The van der Waals surface area contributed by atoms with E-state index in [0.29, 0.717) is 0 Å². The van der Waals surface area contributed by atoms with E-state index in [2.05, 4.69) is 4.52 Å². The van der Waals surface area contributed by atoms with Crippen LogP contribution in [-0.2, 0) is 18.6 Å². The van der Waals surface area contributed by atoms with E-state index < -0.39 is 81.7 Å². The van der Waals surface area contributed by atoms with E-state index in [9.17, 15) is 40.3 Å². The Kier molecular flexibility index (Phi) is 7.33. The fourth-order valence-electron chi connectivity index (χ4n) is 3.00. The molecule has 11 atom stereocenters. The number of nitrogens with two attached hydrogens (primary N) is 1. The molecule has 1 aliphatic carbocycles. The Morgan fingerprint density at radius 1 is 0.852 bits per heavy atom. The highest BCUT2D eigenvalue weighted by Crippen LogP contribution is 2.42. The molecule has 0 bridgehead atoms. The maximum atomic E-state index is 11.2. The van der Waals surface area contributed by atoms with Crippen molar-refractivity contribution in [3.05, 3.63) is 0 Å². The fourth-order valence-corrected chi connectivity index (χ4v) is 3.56. The molecule has 14 nitrogen and oxygen atoms in total. The van der Waals surface area contributed by atoms with Crippen LogP contribution in [0.1, 0.15) is 0 Å². The quantitative estimate of drug-likeness (QED) is 0.186. The zero-order valence-corrected chi connectivity index (χ0v) is 14.6. The first-order chi connectivity index (χ1) is 12.4. The van der Waals surface area contributed by atoms with Gasteiger partial charge < -0.3 is 60.7 Å². The fraction of sp³-hybridized carbons (Fsp3) is 1.00. The van der Waals surface area contributed by atoms with Crippen molar-refractivity contribution in [1.29, 1.82) is 0 Å². The molecule has 2 fully saturated rings. The molecule has 11 N–H and O–H groups in total. The average molecular weight is 421 g/mol. The normalized spacial score (nSPS) is 49.2. The van der Waals surface area contributed by atoms with Gasteiger partial charge in [-0.1, -0.05) is 0 Å². The summed E-state index contributed by atoms with van der Waals surface area (Å²) in [4.78, 5) is 18.0. The van der Waals surface area contributed by atoms with Crippen LogP contribution in [-0.4, -0.2) is 119 Å². The van der Waals surface area contributed by atoms with Crippen LogP contribution in [0.4, 0.5) is 0 Å². The smallest absolute Gasteiger partial charge is 0.394 e. The molecule has 27 heavy (non-hydrogen) atoms. The summed E-state index contributed by atoms with van der Waals surface area (Å²) in [7, 11) is -5.24. The second kappa shape index (κ2) is 8.61. The Morgan fingerprint density at radius 3 is 1.85 bits per heavy atom. The summed E-state index contributed by atoms with van der Waals surface area (Å²) in [6.45, 7) is -0.746. The monoisotopic (exact) mass is 421 g/mol. The Labute approximate surface area is 152 Å². The lowest BCUT2D eigenvalue weighted by atomic mass is 9.84. The molecule has 15 heteroatoms. The van der Waals surface area contributed by atoms with Crippen molar-refractivity contribution in [3.63, 3.8) is 0 Å². The summed E-state index contributed by atoms with van der Waals surface area (Å²) >= 11 is 0. The standard InChI is InChI=1S/C12H24NO13P/c13-3-5(16)4(15)2(1-14)24-12(3)25-10-8(19)6(17)7(18)9(20)11(10)26-27(21,22)23/h2-12,14-20H,1,13H2,(H2,21,22,23)/t2-,3-,4-,5-,6-,7-,8+,9-,10-,11-,12-/m1/s1. The summed E-state index contributed by atoms with van der Waals surface area (Å²) in [6, 6.07) is -1.44. The molecule has 1 saturated carbocycles. The predicted octanol–water partition coefficient (Wildman–Crippen LogP) is -5.93. The molecule has 0 aromatic rings. The molecule has 1 aliphatic heterocycles. The third kappa shape index (κ3) is 4.83. The van der Waals surface area contributed by atoms with Gasteiger partial charge in [0.25, 0.3) is 0 Å². The van der Waals surface area contributed by atoms with Gasteiger partial charge in [0.05, 0.1) is 12.6 Å². The van der Waals surface area contributed by atoms with E-state index in [1.165, 1.54) is 0 Å². The number of hydrogen-bond acceptors (Lipinski definition) is 12. The summed E-state index contributed by atoms with van der Waals surface area (Å²) in [5.41, 5.74) is 5.67. The third-order valence-corrected chi connectivity index (χ3v) is 5.04. The van der Waals surface area contributed by atoms with Gasteiger partial charge in [0.15, 0.2) is 6.29 Å². The molecule has 0 unspecified atom stereocenters. The van der Waals surface area contributed by atoms with Crippen LogP contribution >= 0.6 is 7.82 Å². The van der Waals surface area contributed by atoms with Crippen LogP contribution in [0.15, 0.2) is 0 Å². The lowest BCUT2D eigenvalue weighted by molar-refractivity contribution is -0.315. The summed E-state index contributed by atoms with van der Waals surface area (Å²) < 4.78 is 26.0. The minimum Gasteiger partial charge on any atom is -0.394 e. The number of aliphatic hydroxyl groups excluding tert-OH is 7. The second-order valence-electron chi connectivity index (χ2n) is 6.41. The van der Waals surface area contributed by atoms with Gasteiger partial charge in [-0.2, -0.15) is 0 Å². The van der Waals surface area contributed by atoms with Crippen molar-refractivity contribution in [2.24, 2.45) is 5.73 Å². The molecule has 2 aliphatic rings. The van der Waals surface area contributed by atoms with Crippen LogP contribution in [0.25, 0.3) is 0 Å². The highest BCUT2D eigenvalue weighted by atomic mass is 31.2. The van der Waals surface area contributed by atoms with Crippen LogP contribution in [0, 0.1) is 0 Å². The topological polar surface area (TPSA) is 253 Å². The number of hydrogen-bond donors (Lipinski definition) is 10. The first kappa shape index (κ1) is 23.0. The third-order valence-electron chi connectivity index (χ3n) is 4.53. The van der Waals surface area contributed by atoms with Gasteiger partial charge in [-0.05, 0) is 0 Å². The van der Waals surface area contributed by atoms with Crippen molar-refractivity contribution in [2.45, 2.75) is 67.3 Å². The van der Waals surface area contributed by atoms with E-state index >= 15 is 0 Å². The van der Waals surface area contributed by atoms with E-state index in [1.54, 1.807) is 0 Å². The van der Waals surface area contributed by atoms with Crippen molar-refractivity contribution in [2.75, 3.05) is 6.61 Å². The van der Waals surface area contributed by atoms with Gasteiger partial charge >= 0.3 is 7.82 Å². The molecule has 0 radical (unpaired) electrons. The minimum absolute atomic E-state index is 0.746. The summed E-state index contributed by atoms with van der Waals surface area (Å²) in [5, 5.41) is 68.4. The van der Waals surface area contributed by atoms with Crippen LogP contribution in [0.5, 0.6) is 0 Å². The Bertz CT molecular complexity index is 545. The molecule has 0 spiro atoms. The van der Waals surface area contributed by atoms with Crippen molar-refractivity contribution >= 4 is 7.82 Å². The Morgan fingerprint density at radius 2 is 1.37 bits per heavy atom. The highest BCUT2D eigenvalue weighted by Gasteiger charge is 2.54. The van der Waals surface area contributed by atoms with Gasteiger partial charge in [0, 0.05) is 0 Å². The molecule has 1 saturated heterocycles. The van der Waals surface area contributed by atoms with Gasteiger partial charge in [0.2, 0.25) is 0 Å². The molecule has 0 aromatic carbocycles. The molecular formula is C12H24NO13P. The van der Waals surface area contributed by atoms with Crippen LogP contribution in [0.3, 0.4) is 0 Å². The zero-order chi connectivity index (χ0) is 20.7. The molecule has 0 amide bonds. The lowest BCUT2D eigenvalue weighted by Crippen LogP contribution is -2.68. The molecule has 160 valence electrons. The maximum Gasteiger partial charge on any atom is 0.470 e. The van der Waals surface area contributed by atoms with E-state index in [0.717, 1.165) is 0 Å². The molecule has 1 heterocycles. The van der Waals surface area contributed by atoms with Crippen LogP contribution < -0.4 is 5.73 Å². The van der Waals surface area contributed by atoms with Crippen LogP contribution in [0.2, 0.25) is 0 Å². The number of ether oxygens (including phenoxy) is 2. The minimum atomic E-state index is -5.24. The van der Waals surface area contributed by atoms with E-state index in [1.807, 2.05) is 0 Å². The highest BCUT2D eigenvalue weighted by molar-refractivity contribution is 7.46. The average Bonchev–Trinajstić information content (AvgIpc) is 2.60. The first-order valence-corrected chi connectivity index (χ1v) is 9.41. The summed E-state index contributed by atoms with van der Waals surface area (Å²) in [6.07, 6.45) is -18.2. The first-order valence-electron chi connectivity index (χ1n) is 7.88. The Balaban J connectivity index is 2.27. The SMILES string of the molecule is N[C@H]1[C@@H](O[C@@H]2[C@@H](O)[C@H](O)[C@@H](O)[C@@H](O)[C@H]2OP(=O)(O)O)O[C@H](CO)[C@@H](O)[C@@H]1O. The lowest BCUT2D eigenvalue weighted by Gasteiger charge is -2.47. The number of rotatable bonds is 5. The van der Waals surface area contributed by atoms with Gasteiger partial charge in [-0.15, -0.1) is 0 Å². The van der Waals surface area contributed by atoms with E-state index in [4.69, 9.17) is 25.0 Å². The summed E-state index contributed by atoms with van der Waals surface area (Å²) in [5.74, 6) is 0. The van der Waals surface area contributed by atoms with E-state index in [-0.39, 0.29) is 0 Å². The van der Waals surface area contributed by atoms with Gasteiger partial charge in [0.1, 0.15) is 54.9 Å². The van der Waals surface area contributed by atoms with Crippen molar-refractivity contribution in [1.82, 2.24) is 0 Å². The molecule has 0 aromatic heterocycles. The maximum absolute atomic E-state index is 11.2. The second-order valence-corrected chi connectivity index (χ2v) is 7.60. The predicted molar refractivity (Wildman–Crippen MR) is 81.6 cm³/mol. The number of phosphoric ester groups is 1. The van der Waals surface area contributed by atoms with Gasteiger partial charge in [-0.25, -0.2) is 4.57 Å². The van der Waals surface area contributed by atoms with Gasteiger partial charge in [-0.3, -0.25) is 4.52 Å². The zero-order valence-electron chi connectivity index (χ0n) is 13.7. The largest absolute Gasteiger partial charge is 0.470 e. The Hall–Kier alpha value is -0.290.